The Morgan fingerprint density at radius 2 is 1.74 bits per heavy atom. The molecule has 1 amide bonds. The minimum atomic E-state index is -4.17. The maximum atomic E-state index is 13.4. The van der Waals surface area contributed by atoms with Crippen LogP contribution < -0.4 is 19.1 Å². The third kappa shape index (κ3) is 6.56. The fourth-order valence-corrected chi connectivity index (χ4v) is 4.20. The molecule has 8 nitrogen and oxygen atoms in total. The van der Waals surface area contributed by atoms with Crippen LogP contribution in [0, 0.1) is 5.82 Å². The molecule has 0 saturated heterocycles. The fraction of sp³-hybridized carbons (Fsp3) is 0.381. The second-order valence-electron chi connectivity index (χ2n) is 6.41. The van der Waals surface area contributed by atoms with Crippen LogP contribution in [0.15, 0.2) is 47.4 Å². The van der Waals surface area contributed by atoms with Crippen molar-refractivity contribution in [2.75, 3.05) is 44.8 Å². The molecular formula is C21H27FN2O6S. The van der Waals surface area contributed by atoms with Crippen LogP contribution in [0.4, 0.5) is 10.1 Å². The summed E-state index contributed by atoms with van der Waals surface area (Å²) in [6.45, 7) is 2.81. The molecule has 2 aromatic carbocycles. The van der Waals surface area contributed by atoms with E-state index in [1.54, 1.807) is 0 Å². The smallest absolute Gasteiger partial charge is 0.264 e. The van der Waals surface area contributed by atoms with Crippen molar-refractivity contribution in [1.82, 2.24) is 5.32 Å². The summed E-state index contributed by atoms with van der Waals surface area (Å²) < 4.78 is 56.6. The zero-order valence-electron chi connectivity index (χ0n) is 17.8. The van der Waals surface area contributed by atoms with Crippen LogP contribution in [0.25, 0.3) is 0 Å². The standard InChI is InChI=1S/C21H27FN2O6S/c1-4-30-13-5-12-23-21(25)15-24(17-8-6-16(22)7-9-17)31(26,27)18-10-11-19(28-2)20(14-18)29-3/h6-11,14H,4-5,12-13,15H2,1-3H3,(H,23,25). The molecule has 0 radical (unpaired) electrons. The average molecular weight is 455 g/mol. The Morgan fingerprint density at radius 3 is 2.35 bits per heavy atom. The van der Waals surface area contributed by atoms with Crippen molar-refractivity contribution in [3.63, 3.8) is 0 Å². The number of rotatable bonds is 12. The quantitative estimate of drug-likeness (QED) is 0.496. The highest BCUT2D eigenvalue weighted by atomic mass is 32.2. The van der Waals surface area contributed by atoms with Crippen LogP contribution in [0.5, 0.6) is 11.5 Å². The molecule has 1 N–H and O–H groups in total. The molecular weight excluding hydrogens is 427 g/mol. The second kappa shape index (κ2) is 11.5. The molecule has 10 heteroatoms. The predicted molar refractivity (Wildman–Crippen MR) is 115 cm³/mol. The van der Waals surface area contributed by atoms with Crippen LogP contribution in [0.2, 0.25) is 0 Å². The van der Waals surface area contributed by atoms with Crippen molar-refractivity contribution < 1.29 is 31.8 Å². The number of nitrogens with one attached hydrogen (secondary N) is 1. The van der Waals surface area contributed by atoms with E-state index in [9.17, 15) is 17.6 Å². The van der Waals surface area contributed by atoms with Gasteiger partial charge in [-0.25, -0.2) is 12.8 Å². The first-order valence-corrected chi connectivity index (χ1v) is 11.1. The zero-order chi connectivity index (χ0) is 22.9. The van der Waals surface area contributed by atoms with E-state index in [0.717, 1.165) is 16.4 Å². The van der Waals surface area contributed by atoms with Gasteiger partial charge in [-0.2, -0.15) is 0 Å². The molecule has 0 fully saturated rings. The van der Waals surface area contributed by atoms with Crippen LogP contribution in [0.1, 0.15) is 13.3 Å². The van der Waals surface area contributed by atoms with Gasteiger partial charge in [-0.3, -0.25) is 9.10 Å². The molecule has 2 aromatic rings. The molecule has 0 aliphatic carbocycles. The number of halogens is 1. The summed E-state index contributed by atoms with van der Waals surface area (Å²) in [5, 5.41) is 2.67. The molecule has 0 aliphatic heterocycles. The van der Waals surface area contributed by atoms with Gasteiger partial charge < -0.3 is 19.5 Å². The molecule has 0 saturated carbocycles. The van der Waals surface area contributed by atoms with Crippen LogP contribution in [-0.2, 0) is 19.6 Å². The first-order chi connectivity index (χ1) is 14.8. The first-order valence-electron chi connectivity index (χ1n) is 9.68. The van der Waals surface area contributed by atoms with Gasteiger partial charge in [-0.1, -0.05) is 0 Å². The minimum Gasteiger partial charge on any atom is -0.493 e. The number of amides is 1. The Kier molecular flexibility index (Phi) is 9.07. The average Bonchev–Trinajstić information content (AvgIpc) is 2.77. The van der Waals surface area contributed by atoms with Crippen LogP contribution >= 0.6 is 0 Å². The van der Waals surface area contributed by atoms with E-state index in [4.69, 9.17) is 14.2 Å². The minimum absolute atomic E-state index is 0.0985. The Labute approximate surface area is 182 Å². The summed E-state index contributed by atoms with van der Waals surface area (Å²) in [6.07, 6.45) is 0.596. The third-order valence-corrected chi connectivity index (χ3v) is 6.11. The number of hydrogen-bond acceptors (Lipinski definition) is 6. The number of anilines is 1. The van der Waals surface area contributed by atoms with Gasteiger partial charge in [-0.15, -0.1) is 0 Å². The number of sulfonamides is 1. The highest BCUT2D eigenvalue weighted by molar-refractivity contribution is 7.92. The highest BCUT2D eigenvalue weighted by Gasteiger charge is 2.28. The van der Waals surface area contributed by atoms with Crippen molar-refractivity contribution in [3.05, 3.63) is 48.3 Å². The summed E-state index contributed by atoms with van der Waals surface area (Å²) >= 11 is 0. The van der Waals surface area contributed by atoms with Gasteiger partial charge in [-0.05, 0) is 49.7 Å². The van der Waals surface area contributed by atoms with Crippen molar-refractivity contribution in [1.29, 1.82) is 0 Å². The topological polar surface area (TPSA) is 94.2 Å². The normalized spacial score (nSPS) is 11.1. The van der Waals surface area contributed by atoms with Gasteiger partial charge in [0.05, 0.1) is 24.8 Å². The summed E-state index contributed by atoms with van der Waals surface area (Å²) in [4.78, 5) is 12.4. The van der Waals surface area contributed by atoms with Crippen molar-refractivity contribution in [3.8, 4) is 11.5 Å². The lowest BCUT2D eigenvalue weighted by Gasteiger charge is -2.24. The Morgan fingerprint density at radius 1 is 1.06 bits per heavy atom. The second-order valence-corrected chi connectivity index (χ2v) is 8.27. The summed E-state index contributed by atoms with van der Waals surface area (Å²) in [7, 11) is -1.34. The van der Waals surface area contributed by atoms with Crippen LogP contribution in [-0.4, -0.2) is 54.8 Å². The lowest BCUT2D eigenvalue weighted by Crippen LogP contribution is -2.41. The van der Waals surface area contributed by atoms with Crippen molar-refractivity contribution in [2.45, 2.75) is 18.2 Å². The summed E-state index contributed by atoms with van der Waals surface area (Å²) in [5.41, 5.74) is 0.153. The number of ether oxygens (including phenoxy) is 3. The largest absolute Gasteiger partial charge is 0.493 e. The summed E-state index contributed by atoms with van der Waals surface area (Å²) in [5.74, 6) is -0.428. The van der Waals surface area contributed by atoms with E-state index in [-0.39, 0.29) is 16.3 Å². The van der Waals surface area contributed by atoms with Gasteiger partial charge in [0, 0.05) is 25.8 Å². The molecule has 0 aromatic heterocycles. The molecule has 0 aliphatic rings. The Balaban J connectivity index is 2.31. The number of carbonyl (C=O) groups excluding carboxylic acids is 1. The van der Waals surface area contributed by atoms with E-state index in [1.165, 1.54) is 44.6 Å². The molecule has 2 rings (SSSR count). The molecule has 0 heterocycles. The van der Waals surface area contributed by atoms with E-state index in [1.807, 2.05) is 6.92 Å². The molecule has 0 unspecified atom stereocenters. The predicted octanol–water partition coefficient (Wildman–Crippen LogP) is 2.58. The highest BCUT2D eigenvalue weighted by Crippen LogP contribution is 2.32. The maximum Gasteiger partial charge on any atom is 0.264 e. The SMILES string of the molecule is CCOCCCNC(=O)CN(c1ccc(F)cc1)S(=O)(=O)c1ccc(OC)c(OC)c1. The number of nitrogens with zero attached hydrogens (tertiary/aromatic N) is 1. The van der Waals surface area contributed by atoms with Crippen molar-refractivity contribution in [2.24, 2.45) is 0 Å². The molecule has 31 heavy (non-hydrogen) atoms. The molecule has 0 spiro atoms. The third-order valence-electron chi connectivity index (χ3n) is 4.34. The molecule has 170 valence electrons. The van der Waals surface area contributed by atoms with E-state index in [0.29, 0.717) is 31.9 Å². The van der Waals surface area contributed by atoms with Gasteiger partial charge in [0.25, 0.3) is 10.0 Å². The van der Waals surface area contributed by atoms with E-state index >= 15 is 0 Å². The zero-order valence-corrected chi connectivity index (χ0v) is 18.6. The Hall–Kier alpha value is -2.85. The monoisotopic (exact) mass is 454 g/mol. The molecule has 0 atom stereocenters. The molecule has 0 bridgehead atoms. The van der Waals surface area contributed by atoms with E-state index < -0.39 is 28.3 Å². The number of carbonyl (C=O) groups is 1. The Bertz CT molecular complexity index is 966. The van der Waals surface area contributed by atoms with Crippen LogP contribution in [0.3, 0.4) is 0 Å². The number of methoxy groups -OCH3 is 2. The lowest BCUT2D eigenvalue weighted by molar-refractivity contribution is -0.119. The van der Waals surface area contributed by atoms with Gasteiger partial charge >= 0.3 is 0 Å². The van der Waals surface area contributed by atoms with E-state index in [2.05, 4.69) is 5.32 Å². The van der Waals surface area contributed by atoms with Gasteiger partial charge in [0.1, 0.15) is 12.4 Å². The van der Waals surface area contributed by atoms with Gasteiger partial charge in [0.15, 0.2) is 11.5 Å². The van der Waals surface area contributed by atoms with Gasteiger partial charge in [0.2, 0.25) is 5.91 Å². The summed E-state index contributed by atoms with van der Waals surface area (Å²) in [6, 6.07) is 8.99. The fourth-order valence-electron chi connectivity index (χ4n) is 2.76. The maximum absolute atomic E-state index is 13.4. The number of hydrogen-bond donors (Lipinski definition) is 1. The van der Waals surface area contributed by atoms with Crippen molar-refractivity contribution >= 4 is 21.6 Å². The first kappa shape index (κ1) is 24.4. The number of benzene rings is 2. The lowest BCUT2D eigenvalue weighted by atomic mass is 10.3.